The number of benzene rings is 2. The summed E-state index contributed by atoms with van der Waals surface area (Å²) in [5, 5.41) is 6.63. The van der Waals surface area contributed by atoms with Crippen molar-refractivity contribution < 1.29 is 4.79 Å². The second kappa shape index (κ2) is 13.0. The van der Waals surface area contributed by atoms with E-state index in [1.54, 1.807) is 14.1 Å². The van der Waals surface area contributed by atoms with Crippen LogP contribution in [0.5, 0.6) is 0 Å². The summed E-state index contributed by atoms with van der Waals surface area (Å²) in [4.78, 5) is 17.9. The first-order chi connectivity index (χ1) is 13.5. The van der Waals surface area contributed by atoms with Crippen LogP contribution in [-0.2, 0) is 4.79 Å². The van der Waals surface area contributed by atoms with Crippen LogP contribution in [0, 0.1) is 0 Å². The molecule has 0 saturated heterocycles. The first kappa shape index (κ1) is 24.7. The van der Waals surface area contributed by atoms with Crippen molar-refractivity contribution in [2.45, 2.75) is 12.8 Å². The number of halogens is 1. The van der Waals surface area contributed by atoms with Gasteiger partial charge in [-0.3, -0.25) is 4.79 Å². The van der Waals surface area contributed by atoms with Gasteiger partial charge in [-0.1, -0.05) is 72.8 Å². The number of hydrogen-bond acceptors (Lipinski definition) is 2. The molecule has 0 unspecified atom stereocenters. The van der Waals surface area contributed by atoms with Crippen molar-refractivity contribution in [1.82, 2.24) is 15.5 Å². The number of likely N-dealkylation sites (N-methyl/N-ethyl adjacent to an activating group) is 1. The van der Waals surface area contributed by atoms with Gasteiger partial charge in [0.1, 0.15) is 6.54 Å². The fraction of sp³-hybridized carbons (Fsp3) is 0.304. The highest BCUT2D eigenvalue weighted by molar-refractivity contribution is 14.0. The highest BCUT2D eigenvalue weighted by atomic mass is 127. The van der Waals surface area contributed by atoms with E-state index in [0.29, 0.717) is 19.0 Å². The standard InChI is InChI=1S/C23H30N4O.HI/c1-18(2)15-24-23(26-17-22(28)27(3)4)25-16-21(19-11-7-5-8-12-19)20-13-9-6-10-14-20;/h5-14,21H,1,15-17H2,2-4H3,(H2,24,25,26);1H. The SMILES string of the molecule is C=C(C)CNC(=NCC(=O)N(C)C)NCC(c1ccccc1)c1ccccc1.I. The largest absolute Gasteiger partial charge is 0.355 e. The van der Waals surface area contributed by atoms with Gasteiger partial charge in [-0.2, -0.15) is 0 Å². The van der Waals surface area contributed by atoms with E-state index in [2.05, 4.69) is 70.7 Å². The summed E-state index contributed by atoms with van der Waals surface area (Å²) in [6.45, 7) is 7.23. The Morgan fingerprint density at radius 2 is 1.52 bits per heavy atom. The molecule has 0 atom stereocenters. The highest BCUT2D eigenvalue weighted by Gasteiger charge is 2.15. The van der Waals surface area contributed by atoms with Crippen LogP contribution in [0.2, 0.25) is 0 Å². The number of nitrogens with zero attached hydrogens (tertiary/aromatic N) is 2. The van der Waals surface area contributed by atoms with Crippen molar-refractivity contribution in [3.63, 3.8) is 0 Å². The van der Waals surface area contributed by atoms with E-state index in [4.69, 9.17) is 0 Å². The quantitative estimate of drug-likeness (QED) is 0.249. The molecule has 6 heteroatoms. The molecule has 1 amide bonds. The number of nitrogens with one attached hydrogen (secondary N) is 2. The number of carbonyl (C=O) groups excluding carboxylic acids is 1. The van der Waals surface area contributed by atoms with Crippen molar-refractivity contribution >= 4 is 35.8 Å². The van der Waals surface area contributed by atoms with Gasteiger partial charge in [-0.05, 0) is 18.1 Å². The molecule has 0 spiro atoms. The van der Waals surface area contributed by atoms with Gasteiger partial charge >= 0.3 is 0 Å². The molecule has 156 valence electrons. The van der Waals surface area contributed by atoms with Crippen molar-refractivity contribution in [1.29, 1.82) is 0 Å². The van der Waals surface area contributed by atoms with Crippen molar-refractivity contribution in [2.75, 3.05) is 33.7 Å². The number of hydrogen-bond donors (Lipinski definition) is 2. The van der Waals surface area contributed by atoms with E-state index in [0.717, 1.165) is 5.57 Å². The molecule has 0 radical (unpaired) electrons. The first-order valence-corrected chi connectivity index (χ1v) is 9.44. The molecule has 2 rings (SSSR count). The molecule has 0 bridgehead atoms. The summed E-state index contributed by atoms with van der Waals surface area (Å²) in [6, 6.07) is 20.8. The third-order valence-electron chi connectivity index (χ3n) is 4.31. The predicted molar refractivity (Wildman–Crippen MR) is 132 cm³/mol. The molecule has 0 aromatic heterocycles. The Labute approximate surface area is 191 Å². The number of guanidine groups is 1. The van der Waals surface area contributed by atoms with Gasteiger partial charge in [0.2, 0.25) is 5.91 Å². The maximum absolute atomic E-state index is 11.9. The third-order valence-corrected chi connectivity index (χ3v) is 4.31. The van der Waals surface area contributed by atoms with Gasteiger partial charge in [0.15, 0.2) is 5.96 Å². The van der Waals surface area contributed by atoms with Gasteiger partial charge in [-0.15, -0.1) is 24.0 Å². The summed E-state index contributed by atoms with van der Waals surface area (Å²) in [5.41, 5.74) is 3.45. The number of rotatable bonds is 8. The lowest BCUT2D eigenvalue weighted by Crippen LogP contribution is -2.41. The lowest BCUT2D eigenvalue weighted by molar-refractivity contribution is -0.127. The Morgan fingerprint density at radius 3 is 1.97 bits per heavy atom. The fourth-order valence-corrected chi connectivity index (χ4v) is 2.69. The molecule has 2 N–H and O–H groups in total. The zero-order valence-corrected chi connectivity index (χ0v) is 19.7. The fourth-order valence-electron chi connectivity index (χ4n) is 2.69. The van der Waals surface area contributed by atoms with Gasteiger partial charge < -0.3 is 15.5 Å². The van der Waals surface area contributed by atoms with Crippen LogP contribution in [0.25, 0.3) is 0 Å². The minimum absolute atomic E-state index is 0. The molecule has 0 aliphatic heterocycles. The van der Waals surface area contributed by atoms with Gasteiger partial charge in [0, 0.05) is 33.1 Å². The molecule has 5 nitrogen and oxygen atoms in total. The van der Waals surface area contributed by atoms with Gasteiger partial charge in [0.25, 0.3) is 0 Å². The molecule has 0 heterocycles. The topological polar surface area (TPSA) is 56.7 Å². The van der Waals surface area contributed by atoms with E-state index >= 15 is 0 Å². The summed E-state index contributed by atoms with van der Waals surface area (Å²) in [7, 11) is 3.46. The smallest absolute Gasteiger partial charge is 0.243 e. The molecule has 0 saturated carbocycles. The minimum atomic E-state index is -0.0425. The maximum atomic E-state index is 11.9. The zero-order chi connectivity index (χ0) is 20.4. The summed E-state index contributed by atoms with van der Waals surface area (Å²) < 4.78 is 0. The Bertz CT molecular complexity index is 752. The normalized spacial score (nSPS) is 10.8. The molecular formula is C23H31IN4O. The lowest BCUT2D eigenvalue weighted by Gasteiger charge is -2.21. The van der Waals surface area contributed by atoms with Crippen LogP contribution in [0.1, 0.15) is 24.0 Å². The summed E-state index contributed by atoms with van der Waals surface area (Å²) in [6.07, 6.45) is 0. The second-order valence-corrected chi connectivity index (χ2v) is 7.02. The molecule has 0 aliphatic carbocycles. The van der Waals surface area contributed by atoms with Gasteiger partial charge in [0.05, 0.1) is 0 Å². The number of aliphatic imine (C=N–C) groups is 1. The van der Waals surface area contributed by atoms with Crippen molar-refractivity contribution in [3.05, 3.63) is 83.9 Å². The molecule has 2 aromatic rings. The van der Waals surface area contributed by atoms with Crippen LogP contribution in [0.15, 0.2) is 77.8 Å². The van der Waals surface area contributed by atoms with E-state index < -0.39 is 0 Å². The van der Waals surface area contributed by atoms with Crippen LogP contribution in [0.3, 0.4) is 0 Å². The van der Waals surface area contributed by atoms with E-state index in [9.17, 15) is 4.79 Å². The average Bonchev–Trinajstić information content (AvgIpc) is 2.70. The highest BCUT2D eigenvalue weighted by Crippen LogP contribution is 2.23. The Morgan fingerprint density at radius 1 is 1.00 bits per heavy atom. The monoisotopic (exact) mass is 506 g/mol. The minimum Gasteiger partial charge on any atom is -0.355 e. The Kier molecular flexibility index (Phi) is 11.1. The van der Waals surface area contributed by atoms with Crippen molar-refractivity contribution in [3.8, 4) is 0 Å². The summed E-state index contributed by atoms with van der Waals surface area (Å²) in [5.74, 6) is 0.734. The van der Waals surface area contributed by atoms with Crippen LogP contribution >= 0.6 is 24.0 Å². The average molecular weight is 506 g/mol. The molecule has 0 aliphatic rings. The van der Waals surface area contributed by atoms with Gasteiger partial charge in [-0.25, -0.2) is 4.99 Å². The van der Waals surface area contributed by atoms with Crippen LogP contribution < -0.4 is 10.6 Å². The van der Waals surface area contributed by atoms with E-state index in [1.165, 1.54) is 16.0 Å². The van der Waals surface area contributed by atoms with Crippen LogP contribution in [-0.4, -0.2) is 50.5 Å². The molecule has 29 heavy (non-hydrogen) atoms. The number of amides is 1. The van der Waals surface area contributed by atoms with E-state index in [-0.39, 0.29) is 42.3 Å². The summed E-state index contributed by atoms with van der Waals surface area (Å²) >= 11 is 0. The Hall–Kier alpha value is -2.35. The van der Waals surface area contributed by atoms with E-state index in [1.807, 2.05) is 19.1 Å². The lowest BCUT2D eigenvalue weighted by atomic mass is 9.91. The molecule has 0 fully saturated rings. The zero-order valence-electron chi connectivity index (χ0n) is 17.4. The second-order valence-electron chi connectivity index (χ2n) is 7.02. The molecule has 2 aromatic carbocycles. The predicted octanol–water partition coefficient (Wildman–Crippen LogP) is 3.64. The third kappa shape index (κ3) is 8.68. The van der Waals surface area contributed by atoms with Crippen molar-refractivity contribution in [2.24, 2.45) is 4.99 Å². The van der Waals surface area contributed by atoms with Crippen LogP contribution in [0.4, 0.5) is 0 Å². The molecular weight excluding hydrogens is 475 g/mol. The first-order valence-electron chi connectivity index (χ1n) is 9.44. The Balaban J connectivity index is 0.00000420. The maximum Gasteiger partial charge on any atom is 0.243 e. The number of carbonyl (C=O) groups is 1.